The van der Waals surface area contributed by atoms with Crippen molar-refractivity contribution in [1.29, 1.82) is 0 Å². The molecule has 2 aromatic carbocycles. The van der Waals surface area contributed by atoms with E-state index in [9.17, 15) is 9.90 Å². The molecule has 1 atom stereocenters. The van der Waals surface area contributed by atoms with Gasteiger partial charge in [-0.2, -0.15) is 0 Å². The van der Waals surface area contributed by atoms with Crippen LogP contribution in [0.25, 0.3) is 16.6 Å². The lowest BCUT2D eigenvalue weighted by Crippen LogP contribution is -2.35. The van der Waals surface area contributed by atoms with Crippen LogP contribution in [0.15, 0.2) is 53.3 Å². The average molecular weight is 431 g/mol. The number of fused-ring (bicyclic) bond motifs is 1. The van der Waals surface area contributed by atoms with Gasteiger partial charge in [0.15, 0.2) is 5.43 Å². The maximum Gasteiger partial charge on any atom is 0.202 e. The van der Waals surface area contributed by atoms with E-state index >= 15 is 0 Å². The fourth-order valence-corrected chi connectivity index (χ4v) is 3.32. The van der Waals surface area contributed by atoms with E-state index in [4.69, 9.17) is 21.1 Å². The summed E-state index contributed by atoms with van der Waals surface area (Å²) in [6, 6.07) is 14.3. The molecular weight excluding hydrogens is 404 g/mol. The second-order valence-electron chi connectivity index (χ2n) is 7.27. The number of halogens is 1. The molecule has 0 fully saturated rings. The van der Waals surface area contributed by atoms with E-state index in [1.807, 2.05) is 43.5 Å². The van der Waals surface area contributed by atoms with Gasteiger partial charge in [-0.3, -0.25) is 9.36 Å². The third kappa shape index (κ3) is 5.14. The first-order chi connectivity index (χ1) is 14.4. The Labute approximate surface area is 181 Å². The van der Waals surface area contributed by atoms with E-state index in [0.29, 0.717) is 46.4 Å². The summed E-state index contributed by atoms with van der Waals surface area (Å²) in [7, 11) is 0. The molecule has 1 aromatic heterocycles. The number of para-hydroxylation sites is 1. The molecule has 0 aliphatic rings. The Kier molecular flexibility index (Phi) is 7.37. The van der Waals surface area contributed by atoms with Crippen molar-refractivity contribution >= 4 is 22.5 Å². The lowest BCUT2D eigenvalue weighted by Gasteiger charge is -2.21. The van der Waals surface area contributed by atoms with Crippen LogP contribution < -0.4 is 20.2 Å². The normalized spacial score (nSPS) is 12.3. The Morgan fingerprint density at radius 1 is 1.13 bits per heavy atom. The van der Waals surface area contributed by atoms with E-state index < -0.39 is 6.10 Å². The minimum atomic E-state index is -0.673. The summed E-state index contributed by atoms with van der Waals surface area (Å²) in [6.07, 6.45) is -0.673. The molecule has 0 saturated heterocycles. The number of aromatic nitrogens is 1. The van der Waals surface area contributed by atoms with Gasteiger partial charge >= 0.3 is 0 Å². The van der Waals surface area contributed by atoms with Crippen molar-refractivity contribution in [1.82, 2.24) is 9.88 Å². The van der Waals surface area contributed by atoms with Gasteiger partial charge in [0.25, 0.3) is 0 Å². The fraction of sp³-hybridized carbons (Fsp3) is 0.348. The number of hydrogen-bond acceptors (Lipinski definition) is 5. The maximum atomic E-state index is 12.6. The van der Waals surface area contributed by atoms with E-state index in [1.165, 1.54) is 6.07 Å². The van der Waals surface area contributed by atoms with Crippen molar-refractivity contribution in [3.8, 4) is 17.3 Å². The Balaban J connectivity index is 2.06. The predicted octanol–water partition coefficient (Wildman–Crippen LogP) is 3.78. The molecule has 2 N–H and O–H groups in total. The summed E-state index contributed by atoms with van der Waals surface area (Å²) >= 11 is 6.30. The highest BCUT2D eigenvalue weighted by atomic mass is 35.5. The van der Waals surface area contributed by atoms with Crippen molar-refractivity contribution in [2.24, 2.45) is 0 Å². The molecule has 0 aliphatic carbocycles. The number of benzene rings is 2. The zero-order valence-electron chi connectivity index (χ0n) is 17.4. The van der Waals surface area contributed by atoms with Crippen molar-refractivity contribution in [2.45, 2.75) is 32.9 Å². The van der Waals surface area contributed by atoms with Gasteiger partial charge in [-0.05, 0) is 37.3 Å². The Morgan fingerprint density at radius 3 is 2.63 bits per heavy atom. The van der Waals surface area contributed by atoms with E-state index in [1.54, 1.807) is 24.3 Å². The molecule has 0 amide bonds. The fourth-order valence-electron chi connectivity index (χ4n) is 3.16. The highest BCUT2D eigenvalue weighted by Crippen LogP contribution is 2.32. The first-order valence-electron chi connectivity index (χ1n) is 10.0. The standard InChI is InChI=1S/C23H27ClN2O4/c1-4-29-23-12-21(28)18-7-5-6-8-19(18)26(23)20-11-16(24)9-10-22(20)30-14-17(27)13-25-15(2)3/h5-12,15,17,25,27H,4,13-14H2,1-3H3. The van der Waals surface area contributed by atoms with Crippen LogP contribution in [0.1, 0.15) is 20.8 Å². The summed E-state index contributed by atoms with van der Waals surface area (Å²) in [5.41, 5.74) is 1.19. The lowest BCUT2D eigenvalue weighted by atomic mass is 10.2. The molecule has 0 bridgehead atoms. The lowest BCUT2D eigenvalue weighted by molar-refractivity contribution is 0.104. The number of aliphatic hydroxyl groups is 1. The third-order valence-electron chi connectivity index (χ3n) is 4.53. The highest BCUT2D eigenvalue weighted by molar-refractivity contribution is 6.30. The van der Waals surface area contributed by atoms with Crippen LogP contribution in [0.3, 0.4) is 0 Å². The first kappa shape index (κ1) is 22.2. The highest BCUT2D eigenvalue weighted by Gasteiger charge is 2.17. The minimum Gasteiger partial charge on any atom is -0.489 e. The second-order valence-corrected chi connectivity index (χ2v) is 7.71. The van der Waals surface area contributed by atoms with Gasteiger partial charge in [0.1, 0.15) is 18.5 Å². The van der Waals surface area contributed by atoms with E-state index in [2.05, 4.69) is 5.32 Å². The zero-order chi connectivity index (χ0) is 21.7. The van der Waals surface area contributed by atoms with Crippen LogP contribution in [-0.2, 0) is 0 Å². The molecule has 1 heterocycles. The van der Waals surface area contributed by atoms with Gasteiger partial charge in [-0.15, -0.1) is 0 Å². The van der Waals surface area contributed by atoms with Gasteiger partial charge in [-0.1, -0.05) is 37.6 Å². The Bertz CT molecular complexity index is 1060. The molecule has 7 heteroatoms. The zero-order valence-corrected chi connectivity index (χ0v) is 18.1. The molecular formula is C23H27ClN2O4. The summed E-state index contributed by atoms with van der Waals surface area (Å²) in [4.78, 5) is 12.6. The van der Waals surface area contributed by atoms with E-state index in [0.717, 1.165) is 0 Å². The Morgan fingerprint density at radius 2 is 1.90 bits per heavy atom. The number of pyridine rings is 1. The predicted molar refractivity (Wildman–Crippen MR) is 120 cm³/mol. The Hall–Kier alpha value is -2.54. The van der Waals surface area contributed by atoms with Crippen LogP contribution in [0.4, 0.5) is 0 Å². The van der Waals surface area contributed by atoms with Gasteiger partial charge in [0.05, 0.1) is 17.8 Å². The molecule has 0 saturated carbocycles. The third-order valence-corrected chi connectivity index (χ3v) is 4.77. The topological polar surface area (TPSA) is 72.7 Å². The van der Waals surface area contributed by atoms with Gasteiger partial charge in [0, 0.05) is 29.1 Å². The van der Waals surface area contributed by atoms with Crippen LogP contribution in [0, 0.1) is 0 Å². The van der Waals surface area contributed by atoms with Crippen LogP contribution >= 0.6 is 11.6 Å². The van der Waals surface area contributed by atoms with Crippen molar-refractivity contribution < 1.29 is 14.6 Å². The number of nitrogens with zero attached hydrogens (tertiary/aromatic N) is 1. The van der Waals surface area contributed by atoms with Crippen LogP contribution in [0.2, 0.25) is 5.02 Å². The molecule has 30 heavy (non-hydrogen) atoms. The summed E-state index contributed by atoms with van der Waals surface area (Å²) in [6.45, 7) is 6.82. The quantitative estimate of drug-likeness (QED) is 0.540. The maximum absolute atomic E-state index is 12.6. The smallest absolute Gasteiger partial charge is 0.202 e. The van der Waals surface area contributed by atoms with Crippen LogP contribution in [-0.4, -0.2) is 41.6 Å². The second kappa shape index (κ2) is 9.98. The molecule has 3 aromatic rings. The molecule has 0 radical (unpaired) electrons. The van der Waals surface area contributed by atoms with Crippen molar-refractivity contribution in [3.63, 3.8) is 0 Å². The molecule has 0 spiro atoms. The van der Waals surface area contributed by atoms with Gasteiger partial charge < -0.3 is 19.9 Å². The number of aliphatic hydroxyl groups excluding tert-OH is 1. The number of nitrogens with one attached hydrogen (secondary N) is 1. The molecule has 160 valence electrons. The molecule has 1 unspecified atom stereocenters. The summed E-state index contributed by atoms with van der Waals surface area (Å²) < 4.78 is 13.5. The average Bonchev–Trinajstić information content (AvgIpc) is 2.72. The van der Waals surface area contributed by atoms with Crippen LogP contribution in [0.5, 0.6) is 11.6 Å². The number of rotatable bonds is 9. The summed E-state index contributed by atoms with van der Waals surface area (Å²) in [5.74, 6) is 0.924. The molecule has 3 rings (SSSR count). The minimum absolute atomic E-state index is 0.108. The van der Waals surface area contributed by atoms with Gasteiger partial charge in [-0.25, -0.2) is 0 Å². The molecule has 6 nitrogen and oxygen atoms in total. The van der Waals surface area contributed by atoms with Crippen molar-refractivity contribution in [3.05, 3.63) is 63.8 Å². The summed E-state index contributed by atoms with van der Waals surface area (Å²) in [5, 5.41) is 14.5. The molecule has 0 aliphatic heterocycles. The SMILES string of the molecule is CCOc1cc(=O)c2ccccc2n1-c1cc(Cl)ccc1OCC(O)CNC(C)C. The van der Waals surface area contributed by atoms with E-state index in [-0.39, 0.29) is 18.1 Å². The van der Waals surface area contributed by atoms with Gasteiger partial charge in [0.2, 0.25) is 5.88 Å². The first-order valence-corrected chi connectivity index (χ1v) is 10.4. The monoisotopic (exact) mass is 430 g/mol. The largest absolute Gasteiger partial charge is 0.489 e. The number of ether oxygens (including phenoxy) is 2. The number of hydrogen-bond donors (Lipinski definition) is 2. The van der Waals surface area contributed by atoms with Crippen molar-refractivity contribution in [2.75, 3.05) is 19.8 Å².